The zero-order chi connectivity index (χ0) is 13.1. The molecule has 0 radical (unpaired) electrons. The Morgan fingerprint density at radius 2 is 2.22 bits per heavy atom. The Morgan fingerprint density at radius 1 is 1.44 bits per heavy atom. The van der Waals surface area contributed by atoms with Crippen LogP contribution in [0.5, 0.6) is 0 Å². The molecule has 0 aliphatic heterocycles. The van der Waals surface area contributed by atoms with E-state index in [1.54, 1.807) is 6.20 Å². The van der Waals surface area contributed by atoms with Crippen LogP contribution < -0.4 is 5.32 Å². The molecule has 3 nitrogen and oxygen atoms in total. The summed E-state index contributed by atoms with van der Waals surface area (Å²) in [5.74, 6) is 0.836. The SMILES string of the molecule is CC(C)Cn1ccnc1Nc1cc(F)ccc1Cl. The lowest BCUT2D eigenvalue weighted by Crippen LogP contribution is -2.07. The first kappa shape index (κ1) is 12.9. The van der Waals surface area contributed by atoms with Gasteiger partial charge in [0.05, 0.1) is 10.7 Å². The van der Waals surface area contributed by atoms with Gasteiger partial charge in [0, 0.05) is 18.9 Å². The molecule has 1 heterocycles. The van der Waals surface area contributed by atoms with Gasteiger partial charge in [0.2, 0.25) is 5.95 Å². The highest BCUT2D eigenvalue weighted by Gasteiger charge is 2.08. The van der Waals surface area contributed by atoms with Crippen molar-refractivity contribution in [3.05, 3.63) is 41.4 Å². The molecule has 0 aliphatic carbocycles. The summed E-state index contributed by atoms with van der Waals surface area (Å²) in [6, 6.07) is 4.21. The Hall–Kier alpha value is -1.55. The van der Waals surface area contributed by atoms with Crippen molar-refractivity contribution < 1.29 is 4.39 Å². The molecule has 0 aliphatic rings. The molecule has 0 bridgehead atoms. The molecule has 5 heteroatoms. The molecule has 0 spiro atoms. The van der Waals surface area contributed by atoms with E-state index < -0.39 is 0 Å². The highest BCUT2D eigenvalue weighted by Crippen LogP contribution is 2.25. The van der Waals surface area contributed by atoms with Gasteiger partial charge in [-0.25, -0.2) is 9.37 Å². The Labute approximate surface area is 111 Å². The molecule has 0 unspecified atom stereocenters. The predicted octanol–water partition coefficient (Wildman–Crippen LogP) is 4.08. The largest absolute Gasteiger partial charge is 0.324 e. The molecule has 1 aromatic heterocycles. The maximum absolute atomic E-state index is 13.2. The molecular formula is C13H15ClFN3. The van der Waals surface area contributed by atoms with Crippen molar-refractivity contribution in [2.75, 3.05) is 5.32 Å². The number of benzene rings is 1. The second-order valence-electron chi connectivity index (χ2n) is 4.55. The van der Waals surface area contributed by atoms with Gasteiger partial charge in [-0.1, -0.05) is 25.4 Å². The number of hydrogen-bond acceptors (Lipinski definition) is 2. The number of hydrogen-bond donors (Lipinski definition) is 1. The summed E-state index contributed by atoms with van der Waals surface area (Å²) in [6.07, 6.45) is 3.59. The van der Waals surface area contributed by atoms with E-state index in [-0.39, 0.29) is 5.82 Å². The molecule has 0 atom stereocenters. The van der Waals surface area contributed by atoms with E-state index in [0.717, 1.165) is 6.54 Å². The molecule has 1 aromatic carbocycles. The van der Waals surface area contributed by atoms with E-state index in [2.05, 4.69) is 24.1 Å². The summed E-state index contributed by atoms with van der Waals surface area (Å²) >= 11 is 6.01. The van der Waals surface area contributed by atoms with Crippen LogP contribution >= 0.6 is 11.6 Å². The zero-order valence-electron chi connectivity index (χ0n) is 10.3. The van der Waals surface area contributed by atoms with E-state index in [4.69, 9.17) is 11.6 Å². The third-order valence-electron chi connectivity index (χ3n) is 2.45. The maximum atomic E-state index is 13.2. The Bertz CT molecular complexity index is 537. The molecule has 18 heavy (non-hydrogen) atoms. The summed E-state index contributed by atoms with van der Waals surface area (Å²) in [7, 11) is 0. The lowest BCUT2D eigenvalue weighted by molar-refractivity contribution is 0.527. The van der Waals surface area contributed by atoms with Crippen LogP contribution in [0.3, 0.4) is 0 Å². The summed E-state index contributed by atoms with van der Waals surface area (Å²) < 4.78 is 15.1. The summed E-state index contributed by atoms with van der Waals surface area (Å²) in [5.41, 5.74) is 0.521. The van der Waals surface area contributed by atoms with Crippen molar-refractivity contribution in [2.24, 2.45) is 5.92 Å². The Balaban J connectivity index is 2.23. The fourth-order valence-electron chi connectivity index (χ4n) is 1.69. The summed E-state index contributed by atoms with van der Waals surface area (Å²) in [5, 5.41) is 3.51. The van der Waals surface area contributed by atoms with Crippen molar-refractivity contribution in [1.29, 1.82) is 0 Å². The molecule has 2 aromatic rings. The normalized spacial score (nSPS) is 10.9. The van der Waals surface area contributed by atoms with E-state index >= 15 is 0 Å². The topological polar surface area (TPSA) is 29.9 Å². The van der Waals surface area contributed by atoms with Crippen LogP contribution in [0.25, 0.3) is 0 Å². The summed E-state index contributed by atoms with van der Waals surface area (Å²) in [6.45, 7) is 5.09. The number of imidazole rings is 1. The van der Waals surface area contributed by atoms with Crippen molar-refractivity contribution >= 4 is 23.2 Å². The van der Waals surface area contributed by atoms with Gasteiger partial charge in [0.1, 0.15) is 5.82 Å². The number of nitrogens with one attached hydrogen (secondary N) is 1. The number of anilines is 2. The van der Waals surface area contributed by atoms with Crippen molar-refractivity contribution in [1.82, 2.24) is 9.55 Å². The number of nitrogens with zero attached hydrogens (tertiary/aromatic N) is 2. The third-order valence-corrected chi connectivity index (χ3v) is 2.78. The van der Waals surface area contributed by atoms with Crippen LogP contribution in [0.15, 0.2) is 30.6 Å². The molecule has 2 rings (SSSR count). The van der Waals surface area contributed by atoms with Gasteiger partial charge < -0.3 is 9.88 Å². The second-order valence-corrected chi connectivity index (χ2v) is 4.95. The fourth-order valence-corrected chi connectivity index (χ4v) is 1.85. The molecule has 96 valence electrons. The van der Waals surface area contributed by atoms with Crippen molar-refractivity contribution in [3.63, 3.8) is 0 Å². The quantitative estimate of drug-likeness (QED) is 0.905. The minimum absolute atomic E-state index is 0.330. The van der Waals surface area contributed by atoms with Crippen molar-refractivity contribution in [3.8, 4) is 0 Å². The van der Waals surface area contributed by atoms with Crippen LogP contribution in [-0.2, 0) is 6.54 Å². The Kier molecular flexibility index (Phi) is 3.87. The highest BCUT2D eigenvalue weighted by molar-refractivity contribution is 6.33. The van der Waals surface area contributed by atoms with E-state index in [9.17, 15) is 4.39 Å². The zero-order valence-corrected chi connectivity index (χ0v) is 11.1. The minimum atomic E-state index is -0.330. The Morgan fingerprint density at radius 3 is 2.94 bits per heavy atom. The van der Waals surface area contributed by atoms with E-state index in [1.807, 2.05) is 10.8 Å². The van der Waals surface area contributed by atoms with Gasteiger partial charge in [0.25, 0.3) is 0 Å². The lowest BCUT2D eigenvalue weighted by Gasteiger charge is -2.12. The van der Waals surface area contributed by atoms with Gasteiger partial charge in [-0.15, -0.1) is 0 Å². The molecule has 0 saturated heterocycles. The average Bonchev–Trinajstić information content (AvgIpc) is 2.70. The second kappa shape index (κ2) is 5.40. The predicted molar refractivity (Wildman–Crippen MR) is 71.8 cm³/mol. The molecule has 0 saturated carbocycles. The smallest absolute Gasteiger partial charge is 0.207 e. The molecule has 0 fully saturated rings. The van der Waals surface area contributed by atoms with Crippen LogP contribution in [0, 0.1) is 11.7 Å². The number of aromatic nitrogens is 2. The number of rotatable bonds is 4. The van der Waals surface area contributed by atoms with Gasteiger partial charge in [-0.3, -0.25) is 0 Å². The standard InChI is InChI=1S/C13H15ClFN3/c1-9(2)8-18-6-5-16-13(18)17-12-7-10(15)3-4-11(12)14/h3-7,9H,8H2,1-2H3,(H,16,17). The van der Waals surface area contributed by atoms with Crippen LogP contribution in [0.2, 0.25) is 5.02 Å². The number of halogens is 2. The fraction of sp³-hybridized carbons (Fsp3) is 0.308. The average molecular weight is 268 g/mol. The minimum Gasteiger partial charge on any atom is -0.324 e. The molecule has 1 N–H and O–H groups in total. The highest BCUT2D eigenvalue weighted by atomic mass is 35.5. The van der Waals surface area contributed by atoms with Crippen LogP contribution in [0.4, 0.5) is 16.0 Å². The van der Waals surface area contributed by atoms with Crippen LogP contribution in [-0.4, -0.2) is 9.55 Å². The van der Waals surface area contributed by atoms with Gasteiger partial charge >= 0.3 is 0 Å². The van der Waals surface area contributed by atoms with Crippen LogP contribution in [0.1, 0.15) is 13.8 Å². The van der Waals surface area contributed by atoms with Gasteiger partial charge in [-0.05, 0) is 24.1 Å². The first-order valence-corrected chi connectivity index (χ1v) is 6.17. The third kappa shape index (κ3) is 3.01. The first-order valence-electron chi connectivity index (χ1n) is 5.79. The van der Waals surface area contributed by atoms with E-state index in [1.165, 1.54) is 18.2 Å². The molecule has 0 amide bonds. The first-order chi connectivity index (χ1) is 8.56. The van der Waals surface area contributed by atoms with Gasteiger partial charge in [0.15, 0.2) is 0 Å². The summed E-state index contributed by atoms with van der Waals surface area (Å²) in [4.78, 5) is 4.21. The lowest BCUT2D eigenvalue weighted by atomic mass is 10.2. The maximum Gasteiger partial charge on any atom is 0.207 e. The van der Waals surface area contributed by atoms with Gasteiger partial charge in [-0.2, -0.15) is 0 Å². The molecular weight excluding hydrogens is 253 g/mol. The van der Waals surface area contributed by atoms with E-state index in [0.29, 0.717) is 22.6 Å². The van der Waals surface area contributed by atoms with Crippen molar-refractivity contribution in [2.45, 2.75) is 20.4 Å². The monoisotopic (exact) mass is 267 g/mol.